The lowest BCUT2D eigenvalue weighted by molar-refractivity contribution is 0.198. The quantitative estimate of drug-likeness (QED) is 0.441. The maximum Gasteiger partial charge on any atom is 0.0829 e. The Balaban J connectivity index is 1.54. The van der Waals surface area contributed by atoms with Crippen molar-refractivity contribution in [1.29, 1.82) is 0 Å². The van der Waals surface area contributed by atoms with Gasteiger partial charge in [-0.15, -0.1) is 0 Å². The number of likely N-dealkylation sites (tertiary alicyclic amines) is 1. The molecule has 0 aliphatic carbocycles. The van der Waals surface area contributed by atoms with E-state index in [1.807, 2.05) is 24.3 Å². The number of hydrogen-bond acceptors (Lipinski definition) is 3. The first kappa shape index (κ1) is 22.0. The highest BCUT2D eigenvalue weighted by atomic mass is 35.5. The van der Waals surface area contributed by atoms with E-state index in [9.17, 15) is 0 Å². The molecule has 1 unspecified atom stereocenters. The fourth-order valence-electron chi connectivity index (χ4n) is 4.60. The van der Waals surface area contributed by atoms with Crippen LogP contribution in [0.3, 0.4) is 0 Å². The summed E-state index contributed by atoms with van der Waals surface area (Å²) in [7, 11) is 0. The molecule has 160 valence electrons. The number of hydrazone groups is 1. The highest BCUT2D eigenvalue weighted by Gasteiger charge is 2.31. The van der Waals surface area contributed by atoms with Crippen LogP contribution in [0.4, 0.5) is 5.69 Å². The molecule has 2 aromatic rings. The Morgan fingerprint density at radius 3 is 2.33 bits per heavy atom. The maximum absolute atomic E-state index is 6.55. The summed E-state index contributed by atoms with van der Waals surface area (Å²) in [5.41, 5.74) is 3.28. The molecular formula is C24H28Cl3N3. The zero-order valence-electron chi connectivity index (χ0n) is 17.3. The third kappa shape index (κ3) is 5.13. The van der Waals surface area contributed by atoms with Crippen LogP contribution in [0.2, 0.25) is 15.1 Å². The highest BCUT2D eigenvalue weighted by molar-refractivity contribution is 6.36. The molecule has 3 nitrogen and oxygen atoms in total. The Labute approximate surface area is 194 Å². The Bertz CT molecular complexity index is 889. The predicted molar refractivity (Wildman–Crippen MR) is 129 cm³/mol. The summed E-state index contributed by atoms with van der Waals surface area (Å²) < 4.78 is 0. The Kier molecular flexibility index (Phi) is 7.25. The standard InChI is InChI=1S/C24H28Cl3N3/c1-2-3-17-10-12-29(13-11-17)16-21-15-24(18-4-6-19(25)7-5-18)30(28-21)23-9-8-20(26)14-22(23)27/h4-9,14,17,24H,2-3,10-13,15-16H2,1H3. The number of hydrogen-bond donors (Lipinski definition) is 0. The molecule has 0 radical (unpaired) electrons. The molecule has 0 bridgehead atoms. The second kappa shape index (κ2) is 9.91. The first-order chi connectivity index (χ1) is 14.5. The monoisotopic (exact) mass is 463 g/mol. The van der Waals surface area contributed by atoms with Gasteiger partial charge in [-0.3, -0.25) is 9.91 Å². The summed E-state index contributed by atoms with van der Waals surface area (Å²) in [4.78, 5) is 2.55. The van der Waals surface area contributed by atoms with Crippen LogP contribution in [0, 0.1) is 5.92 Å². The Morgan fingerprint density at radius 1 is 0.967 bits per heavy atom. The molecule has 4 rings (SSSR count). The molecule has 30 heavy (non-hydrogen) atoms. The van der Waals surface area contributed by atoms with Gasteiger partial charge in [0.05, 0.1) is 22.5 Å². The normalized spacial score (nSPS) is 20.6. The molecule has 0 saturated carbocycles. The third-order valence-corrected chi connectivity index (χ3v) is 6.98. The smallest absolute Gasteiger partial charge is 0.0829 e. The van der Waals surface area contributed by atoms with Crippen LogP contribution in [0.15, 0.2) is 47.6 Å². The van der Waals surface area contributed by atoms with Crippen molar-refractivity contribution in [2.45, 2.75) is 45.1 Å². The van der Waals surface area contributed by atoms with Gasteiger partial charge in [-0.05, 0) is 67.7 Å². The number of anilines is 1. The van der Waals surface area contributed by atoms with Crippen LogP contribution in [0.25, 0.3) is 0 Å². The number of benzene rings is 2. The molecule has 0 N–H and O–H groups in total. The van der Waals surface area contributed by atoms with Gasteiger partial charge in [0.2, 0.25) is 0 Å². The zero-order valence-corrected chi connectivity index (χ0v) is 19.6. The molecule has 1 atom stereocenters. The van der Waals surface area contributed by atoms with Crippen molar-refractivity contribution < 1.29 is 0 Å². The van der Waals surface area contributed by atoms with E-state index in [0.717, 1.165) is 42.7 Å². The lowest BCUT2D eigenvalue weighted by atomic mass is 9.92. The summed E-state index contributed by atoms with van der Waals surface area (Å²) in [5, 5.41) is 9.07. The Morgan fingerprint density at radius 2 is 1.67 bits per heavy atom. The van der Waals surface area contributed by atoms with E-state index in [4.69, 9.17) is 39.9 Å². The topological polar surface area (TPSA) is 18.8 Å². The van der Waals surface area contributed by atoms with E-state index in [1.165, 1.54) is 37.0 Å². The van der Waals surface area contributed by atoms with Gasteiger partial charge in [0.1, 0.15) is 0 Å². The molecule has 0 amide bonds. The first-order valence-electron chi connectivity index (χ1n) is 10.8. The molecule has 6 heteroatoms. The van der Waals surface area contributed by atoms with Crippen molar-refractivity contribution in [3.63, 3.8) is 0 Å². The molecule has 1 fully saturated rings. The van der Waals surface area contributed by atoms with Crippen molar-refractivity contribution in [3.05, 3.63) is 63.1 Å². The van der Waals surface area contributed by atoms with Gasteiger partial charge in [0.15, 0.2) is 0 Å². The molecule has 0 spiro atoms. The fraction of sp³-hybridized carbons (Fsp3) is 0.458. The average molecular weight is 465 g/mol. The molecule has 2 aromatic carbocycles. The lowest BCUT2D eigenvalue weighted by Crippen LogP contribution is -2.37. The van der Waals surface area contributed by atoms with Gasteiger partial charge < -0.3 is 0 Å². The van der Waals surface area contributed by atoms with Crippen molar-refractivity contribution in [2.24, 2.45) is 11.0 Å². The number of rotatable bonds is 6. The largest absolute Gasteiger partial charge is 0.298 e. The lowest BCUT2D eigenvalue weighted by Gasteiger charge is -2.31. The minimum atomic E-state index is 0.105. The summed E-state index contributed by atoms with van der Waals surface area (Å²) in [6.07, 6.45) is 6.13. The van der Waals surface area contributed by atoms with E-state index < -0.39 is 0 Å². The summed E-state index contributed by atoms with van der Waals surface area (Å²) in [6, 6.07) is 13.8. The summed E-state index contributed by atoms with van der Waals surface area (Å²) >= 11 is 18.8. The van der Waals surface area contributed by atoms with E-state index in [2.05, 4.69) is 29.0 Å². The van der Waals surface area contributed by atoms with Gasteiger partial charge in [-0.2, -0.15) is 5.10 Å². The summed E-state index contributed by atoms with van der Waals surface area (Å²) in [6.45, 7) is 5.53. The number of nitrogens with zero attached hydrogens (tertiary/aromatic N) is 3. The van der Waals surface area contributed by atoms with E-state index in [0.29, 0.717) is 10.0 Å². The minimum Gasteiger partial charge on any atom is -0.298 e. The van der Waals surface area contributed by atoms with Gasteiger partial charge in [0, 0.05) is 23.0 Å². The van der Waals surface area contributed by atoms with Gasteiger partial charge in [-0.1, -0.05) is 66.7 Å². The van der Waals surface area contributed by atoms with Crippen LogP contribution in [-0.4, -0.2) is 30.2 Å². The highest BCUT2D eigenvalue weighted by Crippen LogP contribution is 2.40. The van der Waals surface area contributed by atoms with Gasteiger partial charge >= 0.3 is 0 Å². The molecular weight excluding hydrogens is 437 g/mol. The second-order valence-corrected chi connectivity index (χ2v) is 9.67. The van der Waals surface area contributed by atoms with Crippen LogP contribution >= 0.6 is 34.8 Å². The van der Waals surface area contributed by atoms with Crippen molar-refractivity contribution >= 4 is 46.2 Å². The fourth-order valence-corrected chi connectivity index (χ4v) is 5.22. The Hall–Kier alpha value is -1.26. The van der Waals surface area contributed by atoms with Gasteiger partial charge in [-0.25, -0.2) is 0 Å². The summed E-state index contributed by atoms with van der Waals surface area (Å²) in [5.74, 6) is 0.892. The zero-order chi connectivity index (χ0) is 21.1. The minimum absolute atomic E-state index is 0.105. The third-order valence-electron chi connectivity index (χ3n) is 6.19. The predicted octanol–water partition coefficient (Wildman–Crippen LogP) is 7.47. The first-order valence-corrected chi connectivity index (χ1v) is 12.0. The SMILES string of the molecule is CCCC1CCN(CC2=NN(c3ccc(Cl)cc3Cl)C(c3ccc(Cl)cc3)C2)CC1. The van der Waals surface area contributed by atoms with Crippen molar-refractivity contribution in [1.82, 2.24) is 4.90 Å². The van der Waals surface area contributed by atoms with Crippen LogP contribution in [0.5, 0.6) is 0 Å². The number of piperidine rings is 1. The van der Waals surface area contributed by atoms with Crippen LogP contribution < -0.4 is 5.01 Å². The molecule has 2 aliphatic heterocycles. The van der Waals surface area contributed by atoms with E-state index in [-0.39, 0.29) is 6.04 Å². The maximum atomic E-state index is 6.55. The second-order valence-electron chi connectivity index (χ2n) is 8.39. The van der Waals surface area contributed by atoms with E-state index >= 15 is 0 Å². The van der Waals surface area contributed by atoms with Gasteiger partial charge in [0.25, 0.3) is 0 Å². The molecule has 2 heterocycles. The number of halogens is 3. The molecule has 2 aliphatic rings. The van der Waals surface area contributed by atoms with Crippen molar-refractivity contribution in [2.75, 3.05) is 24.6 Å². The molecule has 1 saturated heterocycles. The van der Waals surface area contributed by atoms with Crippen LogP contribution in [0.1, 0.15) is 50.6 Å². The van der Waals surface area contributed by atoms with Crippen LogP contribution in [-0.2, 0) is 0 Å². The van der Waals surface area contributed by atoms with Crippen molar-refractivity contribution in [3.8, 4) is 0 Å². The van der Waals surface area contributed by atoms with E-state index in [1.54, 1.807) is 6.07 Å². The average Bonchev–Trinajstić information content (AvgIpc) is 3.13. The molecule has 0 aromatic heterocycles.